The van der Waals surface area contributed by atoms with Crippen LogP contribution in [0.4, 0.5) is 0 Å². The van der Waals surface area contributed by atoms with Crippen molar-refractivity contribution < 1.29 is 10.2 Å². The maximum atomic E-state index is 11.3. The van der Waals surface area contributed by atoms with Gasteiger partial charge < -0.3 is 10.2 Å². The molecule has 1 saturated carbocycles. The summed E-state index contributed by atoms with van der Waals surface area (Å²) in [4.78, 5) is 0. The van der Waals surface area contributed by atoms with E-state index in [9.17, 15) is 10.2 Å². The minimum Gasteiger partial charge on any atom is -0.507 e. The SMILES string of the molecule is CCc1cc(-c2cc(CC)cc(C(C)(C)C)c2O)c(O)c(C2CCCCC2)c1. The number of phenolic OH excluding ortho intramolecular Hbond substituents is 2. The Balaban J connectivity index is 2.23. The average Bonchev–Trinajstić information content (AvgIpc) is 2.68. The Kier molecular flexibility index (Phi) is 6.07. The first-order valence-corrected chi connectivity index (χ1v) is 11.0. The standard InChI is InChI=1S/C26H36O2/c1-6-17-13-20(19-11-9-8-10-12-19)24(27)21(14-17)22-15-18(7-2)16-23(25(22)28)26(3,4)5/h13-16,19,27-28H,6-12H2,1-5H3. The molecule has 2 N–H and O–H groups in total. The quantitative estimate of drug-likeness (QED) is 0.587. The number of hydrogen-bond donors (Lipinski definition) is 2. The number of hydrogen-bond acceptors (Lipinski definition) is 2. The van der Waals surface area contributed by atoms with Gasteiger partial charge in [-0.2, -0.15) is 0 Å². The van der Waals surface area contributed by atoms with Crippen LogP contribution in [0.1, 0.15) is 94.9 Å². The number of benzene rings is 2. The van der Waals surface area contributed by atoms with E-state index in [2.05, 4.69) is 58.9 Å². The molecule has 2 aromatic carbocycles. The van der Waals surface area contributed by atoms with E-state index >= 15 is 0 Å². The summed E-state index contributed by atoms with van der Waals surface area (Å²) in [6.07, 6.45) is 7.89. The molecule has 0 bridgehead atoms. The molecule has 1 aliphatic rings. The van der Waals surface area contributed by atoms with Gasteiger partial charge in [-0.1, -0.05) is 66.0 Å². The first kappa shape index (κ1) is 20.8. The molecular weight excluding hydrogens is 344 g/mol. The van der Waals surface area contributed by atoms with Gasteiger partial charge in [0, 0.05) is 16.7 Å². The second-order valence-electron chi connectivity index (χ2n) is 9.41. The lowest BCUT2D eigenvalue weighted by molar-refractivity contribution is 0.414. The second-order valence-corrected chi connectivity index (χ2v) is 9.41. The molecule has 0 atom stereocenters. The van der Waals surface area contributed by atoms with Gasteiger partial charge in [0.2, 0.25) is 0 Å². The first-order valence-electron chi connectivity index (χ1n) is 11.0. The normalized spacial score (nSPS) is 15.8. The third kappa shape index (κ3) is 4.06. The molecule has 0 saturated heterocycles. The molecular formula is C26H36O2. The Morgan fingerprint density at radius 3 is 1.86 bits per heavy atom. The van der Waals surface area contributed by atoms with Crippen LogP contribution in [0.25, 0.3) is 11.1 Å². The summed E-state index contributed by atoms with van der Waals surface area (Å²) in [6.45, 7) is 10.7. The first-order chi connectivity index (χ1) is 13.3. The van der Waals surface area contributed by atoms with Gasteiger partial charge in [0.15, 0.2) is 0 Å². The van der Waals surface area contributed by atoms with Crippen molar-refractivity contribution in [2.45, 2.75) is 90.9 Å². The molecule has 1 fully saturated rings. The van der Waals surface area contributed by atoms with Crippen LogP contribution in [0.3, 0.4) is 0 Å². The summed E-state index contributed by atoms with van der Waals surface area (Å²) in [6, 6.07) is 8.44. The van der Waals surface area contributed by atoms with Crippen molar-refractivity contribution in [2.24, 2.45) is 0 Å². The number of aromatic hydroxyl groups is 2. The molecule has 0 aromatic heterocycles. The van der Waals surface area contributed by atoms with Gasteiger partial charge in [-0.15, -0.1) is 0 Å². The van der Waals surface area contributed by atoms with Crippen LogP contribution < -0.4 is 0 Å². The predicted octanol–water partition coefficient (Wildman–Crippen LogP) is 7.23. The molecule has 0 amide bonds. The van der Waals surface area contributed by atoms with Crippen molar-refractivity contribution in [1.82, 2.24) is 0 Å². The van der Waals surface area contributed by atoms with Crippen LogP contribution in [-0.2, 0) is 18.3 Å². The highest BCUT2D eigenvalue weighted by molar-refractivity contribution is 5.79. The van der Waals surface area contributed by atoms with E-state index in [1.165, 1.54) is 30.4 Å². The summed E-state index contributed by atoms with van der Waals surface area (Å²) in [7, 11) is 0. The van der Waals surface area contributed by atoms with Crippen molar-refractivity contribution in [1.29, 1.82) is 0 Å². The van der Waals surface area contributed by atoms with Gasteiger partial charge in [-0.25, -0.2) is 0 Å². The van der Waals surface area contributed by atoms with Gasteiger partial charge in [0.1, 0.15) is 11.5 Å². The fraction of sp³-hybridized carbons (Fsp3) is 0.538. The largest absolute Gasteiger partial charge is 0.507 e. The van der Waals surface area contributed by atoms with Crippen molar-refractivity contribution in [3.8, 4) is 22.6 Å². The highest BCUT2D eigenvalue weighted by Crippen LogP contribution is 2.47. The Labute approximate surface area is 170 Å². The zero-order chi connectivity index (χ0) is 20.5. The molecule has 3 rings (SSSR count). The Bertz CT molecular complexity index is 836. The number of aryl methyl sites for hydroxylation is 2. The maximum Gasteiger partial charge on any atom is 0.127 e. The van der Waals surface area contributed by atoms with E-state index in [0.29, 0.717) is 17.4 Å². The zero-order valence-corrected chi connectivity index (χ0v) is 18.2. The summed E-state index contributed by atoms with van der Waals surface area (Å²) in [5, 5.41) is 22.5. The van der Waals surface area contributed by atoms with Crippen molar-refractivity contribution in [3.05, 3.63) is 46.5 Å². The Morgan fingerprint density at radius 1 is 0.786 bits per heavy atom. The predicted molar refractivity (Wildman–Crippen MR) is 118 cm³/mol. The van der Waals surface area contributed by atoms with Gasteiger partial charge in [-0.3, -0.25) is 0 Å². The topological polar surface area (TPSA) is 40.5 Å². The second kappa shape index (κ2) is 8.19. The molecule has 0 radical (unpaired) electrons. The summed E-state index contributed by atoms with van der Waals surface area (Å²) in [5.41, 5.74) is 5.85. The highest BCUT2D eigenvalue weighted by atomic mass is 16.3. The molecule has 2 nitrogen and oxygen atoms in total. The van der Waals surface area contributed by atoms with Crippen molar-refractivity contribution in [3.63, 3.8) is 0 Å². The Morgan fingerprint density at radius 2 is 1.32 bits per heavy atom. The van der Waals surface area contributed by atoms with E-state index < -0.39 is 0 Å². The van der Waals surface area contributed by atoms with E-state index in [0.717, 1.165) is 47.9 Å². The van der Waals surface area contributed by atoms with Crippen LogP contribution >= 0.6 is 0 Å². The van der Waals surface area contributed by atoms with Crippen molar-refractivity contribution >= 4 is 0 Å². The van der Waals surface area contributed by atoms with Crippen molar-refractivity contribution in [2.75, 3.05) is 0 Å². The van der Waals surface area contributed by atoms with Crippen LogP contribution in [0.15, 0.2) is 24.3 Å². The average molecular weight is 381 g/mol. The molecule has 2 heteroatoms. The van der Waals surface area contributed by atoms with E-state index in [4.69, 9.17) is 0 Å². The summed E-state index contributed by atoms with van der Waals surface area (Å²) < 4.78 is 0. The smallest absolute Gasteiger partial charge is 0.127 e. The molecule has 0 heterocycles. The molecule has 0 unspecified atom stereocenters. The third-order valence-corrected chi connectivity index (χ3v) is 6.33. The van der Waals surface area contributed by atoms with Crippen LogP contribution in [0.2, 0.25) is 0 Å². The van der Waals surface area contributed by atoms with Gasteiger partial charge in [0.25, 0.3) is 0 Å². The zero-order valence-electron chi connectivity index (χ0n) is 18.2. The lowest BCUT2D eigenvalue weighted by atomic mass is 9.80. The summed E-state index contributed by atoms with van der Waals surface area (Å²) >= 11 is 0. The van der Waals surface area contributed by atoms with E-state index in [1.807, 2.05) is 0 Å². The molecule has 0 spiro atoms. The highest BCUT2D eigenvalue weighted by Gasteiger charge is 2.26. The van der Waals surface area contributed by atoms with Crippen LogP contribution in [0, 0.1) is 0 Å². The van der Waals surface area contributed by atoms with E-state index in [-0.39, 0.29) is 5.41 Å². The number of phenols is 2. The van der Waals surface area contributed by atoms with Gasteiger partial charge in [-0.05, 0) is 65.8 Å². The molecule has 28 heavy (non-hydrogen) atoms. The molecule has 0 aliphatic heterocycles. The van der Waals surface area contributed by atoms with E-state index in [1.54, 1.807) is 0 Å². The Hall–Kier alpha value is -1.96. The fourth-order valence-corrected chi connectivity index (χ4v) is 4.53. The summed E-state index contributed by atoms with van der Waals surface area (Å²) in [5.74, 6) is 1.10. The van der Waals surface area contributed by atoms with Crippen LogP contribution in [0.5, 0.6) is 11.5 Å². The molecule has 2 aromatic rings. The third-order valence-electron chi connectivity index (χ3n) is 6.33. The lowest BCUT2D eigenvalue weighted by Gasteiger charge is -2.26. The fourth-order valence-electron chi connectivity index (χ4n) is 4.53. The monoisotopic (exact) mass is 380 g/mol. The molecule has 152 valence electrons. The minimum absolute atomic E-state index is 0.159. The maximum absolute atomic E-state index is 11.3. The van der Waals surface area contributed by atoms with Crippen LogP contribution in [-0.4, -0.2) is 10.2 Å². The minimum atomic E-state index is -0.159. The van der Waals surface area contributed by atoms with Gasteiger partial charge in [0.05, 0.1) is 0 Å². The van der Waals surface area contributed by atoms with Gasteiger partial charge >= 0.3 is 0 Å². The molecule has 1 aliphatic carbocycles. The lowest BCUT2D eigenvalue weighted by Crippen LogP contribution is -2.12. The number of rotatable bonds is 4.